The molecule has 11 heteroatoms. The predicted octanol–water partition coefficient (Wildman–Crippen LogP) is 6.16. The third-order valence-electron chi connectivity index (χ3n) is 6.95. The molecule has 1 aliphatic rings. The van der Waals surface area contributed by atoms with Gasteiger partial charge < -0.3 is 14.2 Å². The second kappa shape index (κ2) is 11.6. The van der Waals surface area contributed by atoms with Crippen LogP contribution >= 0.6 is 11.6 Å². The van der Waals surface area contributed by atoms with Gasteiger partial charge >= 0.3 is 5.97 Å². The zero-order valence-electron chi connectivity index (χ0n) is 22.5. The quantitative estimate of drug-likeness (QED) is 0.276. The minimum absolute atomic E-state index is 0.0536. The first-order valence-electron chi connectivity index (χ1n) is 12.5. The van der Waals surface area contributed by atoms with Gasteiger partial charge in [-0.1, -0.05) is 23.7 Å². The summed E-state index contributed by atoms with van der Waals surface area (Å²) < 4.78 is 73.3. The maximum Gasteiger partial charge on any atom is 0.311 e. The van der Waals surface area contributed by atoms with Crippen LogP contribution in [0.25, 0.3) is 0 Å². The number of nitrogens with zero attached hydrogens (tertiary/aromatic N) is 1. The van der Waals surface area contributed by atoms with Crippen LogP contribution in [0.5, 0.6) is 11.5 Å². The minimum atomic E-state index is -4.20. The van der Waals surface area contributed by atoms with Crippen molar-refractivity contribution in [2.45, 2.75) is 38.2 Å². The zero-order valence-corrected chi connectivity index (χ0v) is 24.1. The summed E-state index contributed by atoms with van der Waals surface area (Å²) in [6, 6.07) is 12.7. The van der Waals surface area contributed by atoms with Gasteiger partial charge in [0.25, 0.3) is 10.0 Å². The van der Waals surface area contributed by atoms with Crippen LogP contribution in [0.1, 0.15) is 31.4 Å². The maximum absolute atomic E-state index is 14.3. The van der Waals surface area contributed by atoms with Crippen molar-refractivity contribution in [2.75, 3.05) is 25.1 Å². The van der Waals surface area contributed by atoms with E-state index in [1.807, 2.05) is 0 Å². The molecule has 0 radical (unpaired) electrons. The van der Waals surface area contributed by atoms with Crippen molar-refractivity contribution < 1.29 is 36.2 Å². The lowest BCUT2D eigenvalue weighted by atomic mass is 9.79. The molecule has 4 rings (SSSR count). The lowest BCUT2D eigenvalue weighted by molar-refractivity contribution is -0.151. The van der Waals surface area contributed by atoms with Crippen molar-refractivity contribution in [3.8, 4) is 11.5 Å². The van der Waals surface area contributed by atoms with E-state index in [1.54, 1.807) is 38.1 Å². The summed E-state index contributed by atoms with van der Waals surface area (Å²) in [7, 11) is -1.64. The van der Waals surface area contributed by atoms with Crippen molar-refractivity contribution in [1.29, 1.82) is 0 Å². The molecule has 0 spiro atoms. The smallest absolute Gasteiger partial charge is 0.311 e. The SMILES string of the molecule is COC(=O)C(C)(C)C[C@@H]1Cc2ccc(OCc3c(F)cccc3Cl)cc2N(S(=O)(=O)c2ccc(F)c(OC)c2)C1. The molecule has 0 N–H and O–H groups in total. The summed E-state index contributed by atoms with van der Waals surface area (Å²) in [6.07, 6.45) is 0.857. The Balaban J connectivity index is 1.73. The molecule has 0 bridgehead atoms. The van der Waals surface area contributed by atoms with Gasteiger partial charge in [-0.25, -0.2) is 17.2 Å². The molecule has 0 unspecified atom stereocenters. The number of anilines is 1. The fourth-order valence-electron chi connectivity index (χ4n) is 4.95. The van der Waals surface area contributed by atoms with Crippen LogP contribution in [-0.2, 0) is 32.6 Å². The minimum Gasteiger partial charge on any atom is -0.494 e. The highest BCUT2D eigenvalue weighted by Gasteiger charge is 2.39. The molecule has 0 fully saturated rings. The highest BCUT2D eigenvalue weighted by molar-refractivity contribution is 7.92. The van der Waals surface area contributed by atoms with Crippen LogP contribution in [0, 0.1) is 23.0 Å². The van der Waals surface area contributed by atoms with E-state index in [2.05, 4.69) is 0 Å². The molecule has 40 heavy (non-hydrogen) atoms. The summed E-state index contributed by atoms with van der Waals surface area (Å²) in [6.45, 7) is 3.39. The molecule has 1 aliphatic heterocycles. The third kappa shape index (κ3) is 6.02. The van der Waals surface area contributed by atoms with Gasteiger partial charge in [0.15, 0.2) is 11.6 Å². The van der Waals surface area contributed by atoms with Crippen molar-refractivity contribution in [1.82, 2.24) is 0 Å². The van der Waals surface area contributed by atoms with Crippen molar-refractivity contribution in [3.05, 3.63) is 82.4 Å². The molecular weight excluding hydrogens is 564 g/mol. The van der Waals surface area contributed by atoms with Gasteiger partial charge in [0.05, 0.1) is 35.2 Å². The Labute approximate surface area is 237 Å². The van der Waals surface area contributed by atoms with Crippen LogP contribution in [0.3, 0.4) is 0 Å². The largest absolute Gasteiger partial charge is 0.494 e. The number of hydrogen-bond acceptors (Lipinski definition) is 6. The lowest BCUT2D eigenvalue weighted by Gasteiger charge is -2.38. The zero-order chi connectivity index (χ0) is 29.2. The summed E-state index contributed by atoms with van der Waals surface area (Å²) >= 11 is 6.12. The highest BCUT2D eigenvalue weighted by atomic mass is 35.5. The molecular formula is C29H30ClF2NO6S. The summed E-state index contributed by atoms with van der Waals surface area (Å²) in [5, 5.41) is 0.212. The van der Waals surface area contributed by atoms with E-state index in [-0.39, 0.29) is 40.3 Å². The van der Waals surface area contributed by atoms with Gasteiger partial charge in [0.2, 0.25) is 0 Å². The normalized spacial score (nSPS) is 15.4. The Morgan fingerprint density at radius 1 is 1.07 bits per heavy atom. The van der Waals surface area contributed by atoms with E-state index in [0.29, 0.717) is 29.8 Å². The van der Waals surface area contributed by atoms with Crippen molar-refractivity contribution in [3.63, 3.8) is 0 Å². The van der Waals surface area contributed by atoms with Gasteiger partial charge in [0, 0.05) is 24.2 Å². The summed E-state index contributed by atoms with van der Waals surface area (Å²) in [4.78, 5) is 12.2. The van der Waals surface area contributed by atoms with Gasteiger partial charge in [-0.15, -0.1) is 0 Å². The number of hydrogen-bond donors (Lipinski definition) is 0. The van der Waals surface area contributed by atoms with Crippen LogP contribution in [-0.4, -0.2) is 35.2 Å². The number of benzene rings is 3. The van der Waals surface area contributed by atoms with Gasteiger partial charge in [0.1, 0.15) is 18.2 Å². The predicted molar refractivity (Wildman–Crippen MR) is 147 cm³/mol. The van der Waals surface area contributed by atoms with E-state index in [9.17, 15) is 22.0 Å². The Morgan fingerprint density at radius 2 is 1.82 bits per heavy atom. The van der Waals surface area contributed by atoms with Gasteiger partial charge in [-0.05, 0) is 68.5 Å². The third-order valence-corrected chi connectivity index (χ3v) is 9.08. The number of carbonyl (C=O) groups excluding carboxylic acids is 1. The first kappa shape index (κ1) is 29.6. The summed E-state index contributed by atoms with van der Waals surface area (Å²) in [5.41, 5.74) is 0.404. The van der Waals surface area contributed by atoms with Gasteiger partial charge in [-0.3, -0.25) is 9.10 Å². The molecule has 0 aromatic heterocycles. The molecule has 3 aromatic rings. The highest BCUT2D eigenvalue weighted by Crippen LogP contribution is 2.41. The van der Waals surface area contributed by atoms with E-state index in [0.717, 1.165) is 12.1 Å². The second-order valence-corrected chi connectivity index (χ2v) is 12.5. The number of carbonyl (C=O) groups is 1. The Morgan fingerprint density at radius 3 is 2.50 bits per heavy atom. The van der Waals surface area contributed by atoms with Crippen molar-refractivity contribution >= 4 is 33.3 Å². The first-order chi connectivity index (χ1) is 18.9. The fourth-order valence-corrected chi connectivity index (χ4v) is 6.75. The van der Waals surface area contributed by atoms with Crippen LogP contribution in [0.2, 0.25) is 5.02 Å². The molecule has 7 nitrogen and oxygen atoms in total. The van der Waals surface area contributed by atoms with E-state index < -0.39 is 33.0 Å². The van der Waals surface area contributed by atoms with Gasteiger partial charge in [-0.2, -0.15) is 0 Å². The number of fused-ring (bicyclic) bond motifs is 1. The Kier molecular flexibility index (Phi) is 8.60. The number of ether oxygens (including phenoxy) is 3. The molecule has 0 amide bonds. The molecule has 0 aliphatic carbocycles. The number of sulfonamides is 1. The molecule has 0 saturated carbocycles. The first-order valence-corrected chi connectivity index (χ1v) is 14.3. The summed E-state index contributed by atoms with van der Waals surface area (Å²) in [5.74, 6) is -1.74. The maximum atomic E-state index is 14.3. The number of methoxy groups -OCH3 is 2. The monoisotopic (exact) mass is 593 g/mol. The molecule has 1 atom stereocenters. The Hall–Kier alpha value is -3.37. The molecule has 214 valence electrons. The second-order valence-electron chi connectivity index (χ2n) is 10.3. The standard InChI is InChI=1S/C29H30ClF2NO6S/c1-29(2,28(34)38-4)15-18-12-19-8-9-20(39-17-22-23(30)6-5-7-24(22)31)13-26(19)33(16-18)40(35,36)21-10-11-25(32)27(14-21)37-3/h5-11,13-14,18H,12,15-17H2,1-4H3/t18-/m0/s1. The number of rotatable bonds is 9. The van der Waals surface area contributed by atoms with E-state index in [1.165, 1.54) is 36.7 Å². The fraction of sp³-hybridized carbons (Fsp3) is 0.345. The van der Waals surface area contributed by atoms with E-state index in [4.69, 9.17) is 25.8 Å². The van der Waals surface area contributed by atoms with Crippen molar-refractivity contribution in [2.24, 2.45) is 11.3 Å². The lowest BCUT2D eigenvalue weighted by Crippen LogP contribution is -2.42. The average molecular weight is 594 g/mol. The Bertz CT molecular complexity index is 1510. The number of esters is 1. The van der Waals surface area contributed by atoms with E-state index >= 15 is 0 Å². The topological polar surface area (TPSA) is 82.1 Å². The van der Waals surface area contributed by atoms with Crippen LogP contribution in [0.15, 0.2) is 59.5 Å². The molecule has 1 heterocycles. The van der Waals surface area contributed by atoms with Crippen LogP contribution < -0.4 is 13.8 Å². The number of halogens is 3. The average Bonchev–Trinajstić information content (AvgIpc) is 2.91. The van der Waals surface area contributed by atoms with Crippen LogP contribution in [0.4, 0.5) is 14.5 Å². The molecule has 3 aromatic carbocycles. The molecule has 0 saturated heterocycles.